The lowest BCUT2D eigenvalue weighted by molar-refractivity contribution is 0.0989. The summed E-state index contributed by atoms with van der Waals surface area (Å²) in [6.07, 6.45) is 2.38. The highest BCUT2D eigenvalue weighted by atomic mass is 16.7. The zero-order chi connectivity index (χ0) is 11.8. The van der Waals surface area contributed by atoms with Crippen molar-refractivity contribution in [2.45, 2.75) is 25.8 Å². The molecule has 1 fully saturated rings. The molecule has 0 bridgehead atoms. The van der Waals surface area contributed by atoms with E-state index in [1.807, 2.05) is 13.0 Å². The fourth-order valence-electron chi connectivity index (χ4n) is 1.96. The van der Waals surface area contributed by atoms with Gasteiger partial charge in [0.25, 0.3) is 0 Å². The summed E-state index contributed by atoms with van der Waals surface area (Å²) in [4.78, 5) is 12.0. The number of nitrogens with one attached hydrogen (secondary N) is 1. The van der Waals surface area contributed by atoms with Crippen LogP contribution in [0, 0.1) is 6.92 Å². The third-order valence-corrected chi connectivity index (χ3v) is 3.15. The molecule has 1 aromatic carbocycles. The van der Waals surface area contributed by atoms with E-state index in [9.17, 15) is 4.79 Å². The van der Waals surface area contributed by atoms with E-state index >= 15 is 0 Å². The lowest BCUT2D eigenvalue weighted by Gasteiger charge is -2.07. The van der Waals surface area contributed by atoms with E-state index in [1.54, 1.807) is 6.07 Å². The average molecular weight is 233 g/mol. The molecule has 0 amide bonds. The van der Waals surface area contributed by atoms with Gasteiger partial charge in [0.2, 0.25) is 6.79 Å². The molecule has 90 valence electrons. The molecular weight excluding hydrogens is 218 g/mol. The zero-order valence-electron chi connectivity index (χ0n) is 9.79. The van der Waals surface area contributed by atoms with Crippen molar-refractivity contribution in [1.82, 2.24) is 5.32 Å². The third kappa shape index (κ3) is 2.13. The van der Waals surface area contributed by atoms with Gasteiger partial charge in [0, 0.05) is 11.6 Å². The summed E-state index contributed by atoms with van der Waals surface area (Å²) in [5, 5.41) is 3.23. The number of Topliss-reactive ketones (excluding diaryl/α,β-unsaturated/α-hetero) is 1. The first-order chi connectivity index (χ1) is 8.24. The number of carbonyl (C=O) groups is 1. The second kappa shape index (κ2) is 4.04. The quantitative estimate of drug-likeness (QED) is 0.803. The number of hydrogen-bond acceptors (Lipinski definition) is 4. The molecule has 1 aliphatic heterocycles. The summed E-state index contributed by atoms with van der Waals surface area (Å²) < 4.78 is 10.6. The monoisotopic (exact) mass is 233 g/mol. The Labute approximate surface area is 99.9 Å². The molecule has 3 rings (SSSR count). The molecule has 2 aliphatic rings. The predicted octanol–water partition coefficient (Wildman–Crippen LogP) is 1.66. The molecule has 1 heterocycles. The van der Waals surface area contributed by atoms with Crippen LogP contribution in [-0.2, 0) is 0 Å². The van der Waals surface area contributed by atoms with Crippen LogP contribution in [0.2, 0.25) is 0 Å². The summed E-state index contributed by atoms with van der Waals surface area (Å²) in [5.41, 5.74) is 1.67. The number of aryl methyl sites for hydroxylation is 1. The van der Waals surface area contributed by atoms with E-state index in [0.717, 1.165) is 16.9 Å². The van der Waals surface area contributed by atoms with Gasteiger partial charge in [0.15, 0.2) is 17.3 Å². The van der Waals surface area contributed by atoms with Crippen LogP contribution in [0.4, 0.5) is 0 Å². The first kappa shape index (κ1) is 10.6. The van der Waals surface area contributed by atoms with E-state index in [-0.39, 0.29) is 12.6 Å². The normalized spacial score (nSPS) is 17.2. The molecule has 0 unspecified atom stereocenters. The van der Waals surface area contributed by atoms with Crippen molar-refractivity contribution < 1.29 is 14.3 Å². The number of carbonyl (C=O) groups excluding carboxylic acids is 1. The maximum Gasteiger partial charge on any atom is 0.231 e. The van der Waals surface area contributed by atoms with Gasteiger partial charge >= 0.3 is 0 Å². The fourth-order valence-corrected chi connectivity index (χ4v) is 1.96. The van der Waals surface area contributed by atoms with E-state index in [2.05, 4.69) is 5.32 Å². The van der Waals surface area contributed by atoms with E-state index < -0.39 is 0 Å². The first-order valence-electron chi connectivity index (χ1n) is 5.91. The van der Waals surface area contributed by atoms with Gasteiger partial charge in [-0.25, -0.2) is 0 Å². The van der Waals surface area contributed by atoms with Crippen LogP contribution in [0.25, 0.3) is 0 Å². The Bertz CT molecular complexity index is 466. The smallest absolute Gasteiger partial charge is 0.231 e. The Kier molecular flexibility index (Phi) is 2.52. The Morgan fingerprint density at radius 1 is 1.35 bits per heavy atom. The molecule has 4 nitrogen and oxygen atoms in total. The Morgan fingerprint density at radius 3 is 2.76 bits per heavy atom. The summed E-state index contributed by atoms with van der Waals surface area (Å²) in [6.45, 7) is 2.57. The van der Waals surface area contributed by atoms with Crippen molar-refractivity contribution in [2.75, 3.05) is 13.3 Å². The molecule has 0 atom stereocenters. The molecule has 1 saturated carbocycles. The zero-order valence-corrected chi connectivity index (χ0v) is 9.79. The molecule has 1 aliphatic carbocycles. The number of ketones is 1. The number of hydrogen-bond donors (Lipinski definition) is 1. The molecule has 1 aromatic rings. The van der Waals surface area contributed by atoms with E-state index in [1.165, 1.54) is 12.8 Å². The predicted molar refractivity (Wildman–Crippen MR) is 62.7 cm³/mol. The second-order valence-electron chi connectivity index (χ2n) is 4.60. The Balaban J connectivity index is 1.78. The fraction of sp³-hybridized carbons (Fsp3) is 0.462. The minimum Gasteiger partial charge on any atom is -0.454 e. The van der Waals surface area contributed by atoms with Crippen LogP contribution >= 0.6 is 0 Å². The lowest BCUT2D eigenvalue weighted by Crippen LogP contribution is -2.25. The average Bonchev–Trinajstić information content (AvgIpc) is 3.03. The van der Waals surface area contributed by atoms with Gasteiger partial charge in [0.1, 0.15) is 0 Å². The van der Waals surface area contributed by atoms with Crippen molar-refractivity contribution in [3.8, 4) is 11.5 Å². The number of rotatable bonds is 4. The van der Waals surface area contributed by atoms with Gasteiger partial charge in [0.05, 0.1) is 6.54 Å². The highest BCUT2D eigenvalue weighted by Gasteiger charge is 2.23. The van der Waals surface area contributed by atoms with E-state index in [0.29, 0.717) is 18.3 Å². The second-order valence-corrected chi connectivity index (χ2v) is 4.60. The largest absolute Gasteiger partial charge is 0.454 e. The molecule has 0 saturated heterocycles. The lowest BCUT2D eigenvalue weighted by atomic mass is 10.0. The highest BCUT2D eigenvalue weighted by Crippen LogP contribution is 2.34. The molecule has 1 N–H and O–H groups in total. The number of ether oxygens (including phenoxy) is 2. The van der Waals surface area contributed by atoms with Gasteiger partial charge in [-0.05, 0) is 37.5 Å². The topological polar surface area (TPSA) is 47.6 Å². The summed E-state index contributed by atoms with van der Waals surface area (Å²) in [6, 6.07) is 4.20. The molecule has 0 aromatic heterocycles. The van der Waals surface area contributed by atoms with Gasteiger partial charge < -0.3 is 14.8 Å². The highest BCUT2D eigenvalue weighted by molar-refractivity contribution is 5.99. The Hall–Kier alpha value is -1.55. The van der Waals surface area contributed by atoms with Crippen molar-refractivity contribution in [2.24, 2.45) is 0 Å². The SMILES string of the molecule is Cc1cc2c(cc1C(=O)CNC1CC1)OCO2. The standard InChI is InChI=1S/C13H15NO3/c1-8-4-12-13(17-7-16-12)5-10(8)11(15)6-14-9-2-3-9/h4-5,9,14H,2-3,6-7H2,1H3. The first-order valence-corrected chi connectivity index (χ1v) is 5.91. The van der Waals surface area contributed by atoms with Gasteiger partial charge in [-0.2, -0.15) is 0 Å². The summed E-state index contributed by atoms with van der Waals surface area (Å²) >= 11 is 0. The molecule has 4 heteroatoms. The van der Waals surface area contributed by atoms with Crippen molar-refractivity contribution in [1.29, 1.82) is 0 Å². The molecule has 0 radical (unpaired) electrons. The molecule has 0 spiro atoms. The van der Waals surface area contributed by atoms with Crippen molar-refractivity contribution in [3.63, 3.8) is 0 Å². The minimum atomic E-state index is 0.118. The van der Waals surface area contributed by atoms with Crippen LogP contribution in [0.1, 0.15) is 28.8 Å². The van der Waals surface area contributed by atoms with Crippen LogP contribution in [-0.4, -0.2) is 25.2 Å². The van der Waals surface area contributed by atoms with Gasteiger partial charge in [-0.15, -0.1) is 0 Å². The number of fused-ring (bicyclic) bond motifs is 1. The van der Waals surface area contributed by atoms with Crippen LogP contribution in [0.15, 0.2) is 12.1 Å². The van der Waals surface area contributed by atoms with Gasteiger partial charge in [-0.1, -0.05) is 0 Å². The maximum absolute atomic E-state index is 12.0. The van der Waals surface area contributed by atoms with Crippen molar-refractivity contribution >= 4 is 5.78 Å². The minimum absolute atomic E-state index is 0.118. The van der Waals surface area contributed by atoms with Crippen LogP contribution < -0.4 is 14.8 Å². The molecular formula is C13H15NO3. The Morgan fingerprint density at radius 2 is 2.06 bits per heavy atom. The van der Waals surface area contributed by atoms with Crippen LogP contribution in [0.5, 0.6) is 11.5 Å². The van der Waals surface area contributed by atoms with Crippen molar-refractivity contribution in [3.05, 3.63) is 23.3 Å². The van der Waals surface area contributed by atoms with Gasteiger partial charge in [-0.3, -0.25) is 4.79 Å². The number of benzene rings is 1. The maximum atomic E-state index is 12.0. The molecule has 17 heavy (non-hydrogen) atoms. The summed E-state index contributed by atoms with van der Waals surface area (Å²) in [5.74, 6) is 1.52. The summed E-state index contributed by atoms with van der Waals surface area (Å²) in [7, 11) is 0. The third-order valence-electron chi connectivity index (χ3n) is 3.15. The van der Waals surface area contributed by atoms with E-state index in [4.69, 9.17) is 9.47 Å². The van der Waals surface area contributed by atoms with Crippen LogP contribution in [0.3, 0.4) is 0 Å².